The van der Waals surface area contributed by atoms with E-state index >= 15 is 0 Å². The highest BCUT2D eigenvalue weighted by Crippen LogP contribution is 2.50. The molecule has 1 spiro atoms. The minimum atomic E-state index is -2.00. The molecule has 5 bridgehead atoms. The number of phenolic OH excluding ortho intramolecular Hbond substituents is 2. The van der Waals surface area contributed by atoms with Gasteiger partial charge in [-0.05, 0) is 37.3 Å². The largest absolute Gasteiger partial charge is 0.507 e. The fourth-order valence-electron chi connectivity index (χ4n) is 10.2. The predicted molar refractivity (Wildman–Crippen MR) is 265 cm³/mol. The van der Waals surface area contributed by atoms with Crippen LogP contribution in [0.4, 0.5) is 5.69 Å². The normalized spacial score (nSPS) is 29.7. The molecular formula is C52H65N7O11S. The topological polar surface area (TPSA) is 240 Å². The number of esters is 1. The Morgan fingerprint density at radius 1 is 0.986 bits per heavy atom. The summed E-state index contributed by atoms with van der Waals surface area (Å²) in [6.45, 7) is 17.9. The first-order valence-electron chi connectivity index (χ1n) is 24.2. The van der Waals surface area contributed by atoms with Gasteiger partial charge in [0.1, 0.15) is 40.9 Å². The Bertz CT molecular complexity index is 2920. The number of nitrogens with one attached hydrogen (secondary N) is 1. The number of allylic oxidation sites excluding steroid dienone is 2. The Morgan fingerprint density at radius 2 is 1.70 bits per heavy atom. The van der Waals surface area contributed by atoms with E-state index in [0.29, 0.717) is 37.5 Å². The van der Waals surface area contributed by atoms with Crippen LogP contribution in [0.3, 0.4) is 0 Å². The van der Waals surface area contributed by atoms with Crippen molar-refractivity contribution >= 4 is 45.5 Å². The zero-order valence-corrected chi connectivity index (χ0v) is 42.7. The number of ketones is 1. The quantitative estimate of drug-likeness (QED) is 0.110. The van der Waals surface area contributed by atoms with E-state index in [1.54, 1.807) is 72.0 Å². The number of benzene rings is 2. The average molecular weight is 996 g/mol. The van der Waals surface area contributed by atoms with Crippen LogP contribution in [-0.2, 0) is 30.3 Å². The van der Waals surface area contributed by atoms with Gasteiger partial charge in [-0.1, -0.05) is 71.1 Å². The third-order valence-electron chi connectivity index (χ3n) is 14.5. The number of aromatic hydroxyl groups is 2. The van der Waals surface area contributed by atoms with Crippen molar-refractivity contribution in [2.75, 3.05) is 32.1 Å². The number of methoxy groups -OCH3 is 1. The molecular weight excluding hydrogens is 931 g/mol. The smallest absolute Gasteiger partial charge is 0.328 e. The van der Waals surface area contributed by atoms with E-state index in [-0.39, 0.29) is 61.9 Å². The number of nitrogens with zero attached hydrogens (tertiary/aromatic N) is 6. The van der Waals surface area contributed by atoms with Crippen molar-refractivity contribution in [3.8, 4) is 27.8 Å². The first-order valence-corrected chi connectivity index (χ1v) is 25.1. The van der Waals surface area contributed by atoms with Crippen molar-refractivity contribution in [1.29, 1.82) is 0 Å². The van der Waals surface area contributed by atoms with Gasteiger partial charge in [0.25, 0.3) is 11.7 Å². The molecule has 18 nitrogen and oxygen atoms in total. The fourth-order valence-corrected chi connectivity index (χ4v) is 10.9. The number of aliphatic hydroxyl groups excluding tert-OH is 2. The number of rotatable bonds is 7. The number of fused-ring (bicyclic) bond motifs is 13. The highest BCUT2D eigenvalue weighted by atomic mass is 32.1. The third kappa shape index (κ3) is 9.86. The Labute approximate surface area is 416 Å². The van der Waals surface area contributed by atoms with Crippen LogP contribution in [0.25, 0.3) is 21.3 Å². The monoisotopic (exact) mass is 995 g/mol. The molecule has 5 aliphatic rings. The van der Waals surface area contributed by atoms with Crippen LogP contribution in [-0.4, -0.2) is 121 Å². The van der Waals surface area contributed by atoms with Gasteiger partial charge in [0.05, 0.1) is 52.0 Å². The number of phenols is 2. The first kappa shape index (κ1) is 51.4. The van der Waals surface area contributed by atoms with Crippen molar-refractivity contribution in [2.45, 2.75) is 118 Å². The Morgan fingerprint density at radius 3 is 2.38 bits per heavy atom. The lowest BCUT2D eigenvalue weighted by Gasteiger charge is -2.38. The number of piperidine rings is 1. The fraction of sp³-hybridized carbons (Fsp3) is 0.519. The van der Waals surface area contributed by atoms with Crippen LogP contribution in [0.5, 0.6) is 17.2 Å². The molecule has 9 atom stereocenters. The van der Waals surface area contributed by atoms with E-state index in [4.69, 9.17) is 28.9 Å². The lowest BCUT2D eigenvalue weighted by atomic mass is 9.78. The second-order valence-corrected chi connectivity index (χ2v) is 21.1. The number of carbonyl (C=O) groups is 3. The second kappa shape index (κ2) is 20.3. The highest BCUT2D eigenvalue weighted by molar-refractivity contribution is 7.13. The van der Waals surface area contributed by atoms with Gasteiger partial charge >= 0.3 is 11.8 Å². The molecule has 0 radical (unpaired) electrons. The maximum Gasteiger partial charge on any atom is 0.328 e. The van der Waals surface area contributed by atoms with Gasteiger partial charge in [0, 0.05) is 86.7 Å². The molecule has 1 amide bonds. The average Bonchev–Trinajstić information content (AvgIpc) is 4.16. The third-order valence-corrected chi connectivity index (χ3v) is 15.4. The summed E-state index contributed by atoms with van der Waals surface area (Å²) in [6, 6.07) is 3.79. The van der Waals surface area contributed by atoms with Crippen LogP contribution in [0.1, 0.15) is 84.2 Å². The molecule has 380 valence electrons. The van der Waals surface area contributed by atoms with Gasteiger partial charge in [-0.25, -0.2) is 4.68 Å². The summed E-state index contributed by atoms with van der Waals surface area (Å²) in [5, 5.41) is 61.2. The summed E-state index contributed by atoms with van der Waals surface area (Å²) in [6.07, 6.45) is 6.28. The maximum absolute atomic E-state index is 14.9. The molecule has 1 saturated heterocycles. The van der Waals surface area contributed by atoms with Gasteiger partial charge in [0.15, 0.2) is 11.4 Å². The number of hydrogen-bond acceptors (Lipinski definition) is 17. The molecule has 0 unspecified atom stereocenters. The Balaban J connectivity index is 1.20. The number of likely N-dealkylation sites (tertiary alicyclic amines) is 1. The second-order valence-electron chi connectivity index (χ2n) is 20.1. The summed E-state index contributed by atoms with van der Waals surface area (Å²) in [5.41, 5.74) is -0.0540. The molecule has 9 rings (SSSR count). The number of Topliss-reactive ketones (excluding diaryl/α,β-unsaturated/α-hetero) is 1. The van der Waals surface area contributed by atoms with Gasteiger partial charge in [0.2, 0.25) is 0 Å². The molecule has 2 aromatic carbocycles. The summed E-state index contributed by atoms with van der Waals surface area (Å²) >= 11 is 1.49. The lowest BCUT2D eigenvalue weighted by molar-refractivity contribution is -0.164. The van der Waals surface area contributed by atoms with Crippen LogP contribution in [0.2, 0.25) is 0 Å². The molecule has 71 heavy (non-hydrogen) atoms. The summed E-state index contributed by atoms with van der Waals surface area (Å²) < 4.78 is 26.1. The standard InChI is InChI=1S/C52H65N7O11S/c1-26(2)23-58-19-17-52(18-20-58)54-40-37-38-45(63)32(8)48-39(37)49(65)51(9,70-48)68-21-16-34(67-10)29(5)47(69-36(60)25-59-24-33(56-57-59)35-15-12-22-71-35)31(7)44(62)30(6)43(61)27(3)13-11-14-28(4)50(66)53-42(46(38)64)41(40)55-52/h11-16,21-22,24,26-27,29-31,34,43-44,47,61-64H,17-20,23,25H2,1-10H3,(H,53,66)/b13-11+,21-16+,28-14-/t27-,29+,30+,31+,34-,43-,44+,47+,51-/m0/s1. The SMILES string of the molecule is CO[C@H]1/C=C/O[C@@]2(C)Oc3c(C)c(O)c4c(O)c(c5c(c4c3C2=O)=NC2(CCN(CC(C)C)CC2)N=5)NC(=O)/C(C)=C\C=C\[C@H](C)[C@H](O)[C@@H](C)[C@@H](O)[C@@H](C)[C@H](OC(=O)Cn2cc(-c3cccs3)nn2)[C@@H]1C. The number of hydrogen-bond donors (Lipinski definition) is 5. The van der Waals surface area contributed by atoms with Gasteiger partial charge in [-0.15, -0.1) is 16.4 Å². The van der Waals surface area contributed by atoms with Crippen molar-refractivity contribution in [3.63, 3.8) is 0 Å². The Kier molecular flexibility index (Phi) is 14.7. The zero-order valence-electron chi connectivity index (χ0n) is 41.9. The first-order chi connectivity index (χ1) is 33.7. The minimum Gasteiger partial charge on any atom is -0.507 e. The van der Waals surface area contributed by atoms with Crippen molar-refractivity contribution in [3.05, 3.63) is 81.7 Å². The summed E-state index contributed by atoms with van der Waals surface area (Å²) in [5.74, 6) is -6.99. The minimum absolute atomic E-state index is 0.0197. The van der Waals surface area contributed by atoms with Crippen molar-refractivity contribution in [1.82, 2.24) is 19.9 Å². The number of aliphatic hydroxyl groups is 2. The maximum atomic E-state index is 14.9. The van der Waals surface area contributed by atoms with Gasteiger partial charge in [-0.3, -0.25) is 24.4 Å². The molecule has 5 N–H and O–H groups in total. The molecule has 5 aliphatic heterocycles. The van der Waals surface area contributed by atoms with Crippen LogP contribution < -0.4 is 20.8 Å². The molecule has 7 heterocycles. The number of thiophene rings is 1. The summed E-state index contributed by atoms with van der Waals surface area (Å²) in [7, 11) is 1.46. The van der Waals surface area contributed by atoms with Crippen LogP contribution >= 0.6 is 11.3 Å². The molecule has 4 aromatic rings. The molecule has 0 aliphatic carbocycles. The Hall–Kier alpha value is -5.99. The van der Waals surface area contributed by atoms with Crippen molar-refractivity contribution in [2.24, 2.45) is 39.6 Å². The summed E-state index contributed by atoms with van der Waals surface area (Å²) in [4.78, 5) is 56.3. The molecule has 0 saturated carbocycles. The van der Waals surface area contributed by atoms with Gasteiger partial charge in [-0.2, -0.15) is 0 Å². The molecule has 1 fully saturated rings. The predicted octanol–water partition coefficient (Wildman–Crippen LogP) is 5.75. The highest BCUT2D eigenvalue weighted by Gasteiger charge is 2.50. The number of aromatic nitrogens is 3. The molecule has 2 aromatic heterocycles. The lowest BCUT2D eigenvalue weighted by Crippen LogP contribution is -2.47. The van der Waals surface area contributed by atoms with E-state index < -0.39 is 82.9 Å². The number of carbonyl (C=O) groups excluding carboxylic acids is 3. The van der Waals surface area contributed by atoms with Crippen LogP contribution in [0.15, 0.2) is 69.8 Å². The van der Waals surface area contributed by atoms with Crippen molar-refractivity contribution < 1.29 is 53.8 Å². The number of anilines is 1. The van der Waals surface area contributed by atoms with E-state index in [0.717, 1.165) is 11.4 Å². The van der Waals surface area contributed by atoms with Crippen LogP contribution in [0, 0.1) is 36.5 Å². The van der Waals surface area contributed by atoms with E-state index in [1.165, 1.54) is 36.3 Å². The zero-order chi connectivity index (χ0) is 51.3. The van der Waals surface area contributed by atoms with Gasteiger partial charge < -0.3 is 49.6 Å². The van der Waals surface area contributed by atoms with E-state index in [9.17, 15) is 34.8 Å². The van der Waals surface area contributed by atoms with E-state index in [1.807, 2.05) is 17.5 Å². The number of ether oxygens (including phenoxy) is 4. The molecule has 19 heteroatoms. The van der Waals surface area contributed by atoms with E-state index in [2.05, 4.69) is 34.4 Å². The number of amides is 1.